The zero-order chi connectivity index (χ0) is 20.5. The largest absolute Gasteiger partial charge is 0.503 e. The number of methoxy groups -OCH3 is 1. The molecule has 4 rings (SSSR count). The van der Waals surface area contributed by atoms with Gasteiger partial charge in [-0.05, 0) is 35.4 Å². The predicted octanol–water partition coefficient (Wildman–Crippen LogP) is 4.11. The maximum absolute atomic E-state index is 13.2. The molecule has 0 spiro atoms. The predicted molar refractivity (Wildman–Crippen MR) is 113 cm³/mol. The Bertz CT molecular complexity index is 1090. The molecule has 148 valence electrons. The van der Waals surface area contributed by atoms with Crippen molar-refractivity contribution in [3.8, 4) is 5.75 Å². The molecule has 0 aliphatic carbocycles. The molecule has 1 aliphatic rings. The molecule has 29 heavy (non-hydrogen) atoms. The number of aromatic nitrogens is 2. The van der Waals surface area contributed by atoms with Crippen molar-refractivity contribution < 1.29 is 19.4 Å². The Labute approximate surface area is 178 Å². The highest BCUT2D eigenvalue weighted by atomic mass is 32.2. The molecule has 10 heteroatoms. The average Bonchev–Trinajstić information content (AvgIpc) is 3.48. The minimum absolute atomic E-state index is 0.0310. The zero-order valence-corrected chi connectivity index (χ0v) is 17.8. The van der Waals surface area contributed by atoms with Crippen LogP contribution >= 0.6 is 34.4 Å². The van der Waals surface area contributed by atoms with E-state index >= 15 is 0 Å². The summed E-state index contributed by atoms with van der Waals surface area (Å²) in [4.78, 5) is 27.9. The number of ketones is 1. The van der Waals surface area contributed by atoms with Crippen LogP contribution in [-0.2, 0) is 4.79 Å². The average molecular weight is 446 g/mol. The Kier molecular flexibility index (Phi) is 5.39. The van der Waals surface area contributed by atoms with Gasteiger partial charge in [0.05, 0.1) is 23.6 Å². The number of Topliss-reactive ketones (excluding diaryl/α,β-unsaturated/α-hetero) is 1. The number of nitrogens with zero attached hydrogens (tertiary/aromatic N) is 3. The van der Waals surface area contributed by atoms with E-state index < -0.39 is 17.7 Å². The fourth-order valence-corrected chi connectivity index (χ4v) is 5.02. The number of thioether (sulfide) groups is 1. The van der Waals surface area contributed by atoms with E-state index in [0.29, 0.717) is 25.7 Å². The third kappa shape index (κ3) is 3.43. The Balaban J connectivity index is 1.85. The SMILES string of the molecule is COc1ccc([C@@H]2C(C(=O)c3cccs3)=C(O)C(=O)N2c2nnc(SC)s2)cc1. The molecule has 2 aromatic heterocycles. The molecule has 1 aromatic carbocycles. The first kappa shape index (κ1) is 19.6. The van der Waals surface area contributed by atoms with E-state index in [0.717, 1.165) is 0 Å². The van der Waals surface area contributed by atoms with Crippen molar-refractivity contribution in [1.82, 2.24) is 10.2 Å². The van der Waals surface area contributed by atoms with Crippen LogP contribution in [0.2, 0.25) is 0 Å². The van der Waals surface area contributed by atoms with E-state index in [-0.39, 0.29) is 11.4 Å². The molecule has 0 saturated carbocycles. The summed E-state index contributed by atoms with van der Waals surface area (Å²) in [6.45, 7) is 0. The number of aliphatic hydroxyl groups excluding tert-OH is 1. The van der Waals surface area contributed by atoms with Crippen molar-refractivity contribution in [2.75, 3.05) is 18.3 Å². The fraction of sp³-hybridized carbons (Fsp3) is 0.158. The van der Waals surface area contributed by atoms with E-state index in [1.54, 1.807) is 48.9 Å². The van der Waals surface area contributed by atoms with Crippen molar-refractivity contribution in [2.24, 2.45) is 0 Å². The monoisotopic (exact) mass is 445 g/mol. The molecule has 7 nitrogen and oxygen atoms in total. The van der Waals surface area contributed by atoms with Gasteiger partial charge in [0.2, 0.25) is 10.9 Å². The summed E-state index contributed by atoms with van der Waals surface area (Å²) in [6.07, 6.45) is 1.86. The van der Waals surface area contributed by atoms with E-state index in [1.165, 1.54) is 39.3 Å². The highest BCUT2D eigenvalue weighted by Gasteiger charge is 2.46. The number of benzene rings is 1. The van der Waals surface area contributed by atoms with Gasteiger partial charge >= 0.3 is 0 Å². The van der Waals surface area contributed by atoms with Crippen LogP contribution in [0.1, 0.15) is 21.3 Å². The number of ether oxygens (including phenoxy) is 1. The smallest absolute Gasteiger partial charge is 0.296 e. The molecular weight excluding hydrogens is 430 g/mol. The second kappa shape index (κ2) is 7.97. The van der Waals surface area contributed by atoms with Gasteiger partial charge in [-0.15, -0.1) is 21.5 Å². The quantitative estimate of drug-likeness (QED) is 0.347. The lowest BCUT2D eigenvalue weighted by Crippen LogP contribution is -2.31. The topological polar surface area (TPSA) is 92.6 Å². The van der Waals surface area contributed by atoms with Gasteiger partial charge in [0.25, 0.3) is 5.91 Å². The lowest BCUT2D eigenvalue weighted by Gasteiger charge is -2.24. The van der Waals surface area contributed by atoms with E-state index in [9.17, 15) is 14.7 Å². The Hall–Kier alpha value is -2.69. The number of aliphatic hydroxyl groups is 1. The molecule has 0 radical (unpaired) electrons. The highest BCUT2D eigenvalue weighted by molar-refractivity contribution is 8.00. The summed E-state index contributed by atoms with van der Waals surface area (Å²) in [5.41, 5.74) is 0.688. The van der Waals surface area contributed by atoms with Crippen LogP contribution in [0.5, 0.6) is 5.75 Å². The summed E-state index contributed by atoms with van der Waals surface area (Å²) in [5.74, 6) is -0.979. The van der Waals surface area contributed by atoms with Crippen LogP contribution in [-0.4, -0.2) is 40.4 Å². The van der Waals surface area contributed by atoms with Crippen molar-refractivity contribution in [1.29, 1.82) is 0 Å². The van der Waals surface area contributed by atoms with Crippen LogP contribution in [0.15, 0.2) is 57.5 Å². The van der Waals surface area contributed by atoms with E-state index in [4.69, 9.17) is 4.74 Å². The van der Waals surface area contributed by atoms with Crippen LogP contribution in [0.3, 0.4) is 0 Å². The van der Waals surface area contributed by atoms with Crippen LogP contribution < -0.4 is 9.64 Å². The first-order chi connectivity index (χ1) is 14.0. The third-order valence-corrected chi connectivity index (χ3v) is 7.17. The molecule has 3 aromatic rings. The standard InChI is InChI=1S/C19H15N3O4S3/c1-26-11-7-5-10(6-8-11)14-13(15(23)12-4-3-9-28-12)16(24)17(25)22(14)18-20-21-19(27-2)29-18/h3-9,14,24H,1-2H3/t14-/m1/s1. The van der Waals surface area contributed by atoms with Gasteiger partial charge in [0, 0.05) is 0 Å². The van der Waals surface area contributed by atoms with Crippen molar-refractivity contribution in [3.63, 3.8) is 0 Å². The van der Waals surface area contributed by atoms with Crippen molar-refractivity contribution >= 4 is 51.3 Å². The molecule has 0 bridgehead atoms. The summed E-state index contributed by atoms with van der Waals surface area (Å²) in [7, 11) is 1.56. The Morgan fingerprint density at radius 3 is 2.59 bits per heavy atom. The maximum atomic E-state index is 13.2. The lowest BCUT2D eigenvalue weighted by molar-refractivity contribution is -0.117. The Morgan fingerprint density at radius 1 is 1.24 bits per heavy atom. The van der Waals surface area contributed by atoms with Gasteiger partial charge in [-0.25, -0.2) is 0 Å². The molecule has 1 aliphatic heterocycles. The number of carbonyl (C=O) groups is 2. The first-order valence-electron chi connectivity index (χ1n) is 8.41. The fourth-order valence-electron chi connectivity index (χ4n) is 3.06. The van der Waals surface area contributed by atoms with Gasteiger partial charge in [0.15, 0.2) is 10.1 Å². The third-order valence-electron chi connectivity index (χ3n) is 4.41. The minimum atomic E-state index is -0.814. The van der Waals surface area contributed by atoms with Gasteiger partial charge in [-0.3, -0.25) is 14.5 Å². The Morgan fingerprint density at radius 2 is 2.00 bits per heavy atom. The minimum Gasteiger partial charge on any atom is -0.503 e. The number of hydrogen-bond donors (Lipinski definition) is 1. The second-order valence-electron chi connectivity index (χ2n) is 5.97. The van der Waals surface area contributed by atoms with E-state index in [1.807, 2.05) is 6.26 Å². The molecular formula is C19H15N3O4S3. The number of amides is 1. The van der Waals surface area contributed by atoms with Crippen LogP contribution in [0, 0.1) is 0 Å². The lowest BCUT2D eigenvalue weighted by atomic mass is 9.95. The summed E-state index contributed by atoms with van der Waals surface area (Å²) in [6, 6.07) is 9.62. The van der Waals surface area contributed by atoms with Crippen LogP contribution in [0.25, 0.3) is 0 Å². The highest BCUT2D eigenvalue weighted by Crippen LogP contribution is 2.44. The summed E-state index contributed by atoms with van der Waals surface area (Å²) in [5, 5.41) is 20.9. The van der Waals surface area contributed by atoms with Gasteiger partial charge in [0.1, 0.15) is 5.75 Å². The molecule has 0 fully saturated rings. The number of thiophene rings is 1. The zero-order valence-electron chi connectivity index (χ0n) is 15.4. The maximum Gasteiger partial charge on any atom is 0.296 e. The van der Waals surface area contributed by atoms with Gasteiger partial charge in [-0.1, -0.05) is 41.3 Å². The normalized spacial score (nSPS) is 16.6. The molecule has 0 saturated heterocycles. The molecule has 1 N–H and O–H groups in total. The number of rotatable bonds is 6. The molecule has 0 unspecified atom stereocenters. The molecule has 1 atom stereocenters. The molecule has 3 heterocycles. The summed E-state index contributed by atoms with van der Waals surface area (Å²) >= 11 is 3.89. The van der Waals surface area contributed by atoms with Gasteiger partial charge in [-0.2, -0.15) is 0 Å². The van der Waals surface area contributed by atoms with Gasteiger partial charge < -0.3 is 9.84 Å². The number of anilines is 1. The van der Waals surface area contributed by atoms with Crippen LogP contribution in [0.4, 0.5) is 5.13 Å². The first-order valence-corrected chi connectivity index (χ1v) is 11.3. The summed E-state index contributed by atoms with van der Waals surface area (Å²) < 4.78 is 5.89. The number of carbonyl (C=O) groups excluding carboxylic acids is 2. The van der Waals surface area contributed by atoms with Crippen molar-refractivity contribution in [3.05, 3.63) is 63.6 Å². The van der Waals surface area contributed by atoms with E-state index in [2.05, 4.69) is 10.2 Å². The van der Waals surface area contributed by atoms with Crippen molar-refractivity contribution in [2.45, 2.75) is 10.4 Å². The molecule has 1 amide bonds. The number of hydrogen-bond acceptors (Lipinski definition) is 9. The second-order valence-corrected chi connectivity index (χ2v) is 8.93.